The maximum absolute atomic E-state index is 6.12. The van der Waals surface area contributed by atoms with E-state index in [0.29, 0.717) is 0 Å². The van der Waals surface area contributed by atoms with Gasteiger partial charge in [0.25, 0.3) is 0 Å². The third kappa shape index (κ3) is 5.86. The molecule has 2 rings (SSSR count). The fourth-order valence-corrected chi connectivity index (χ4v) is 3.12. The molecule has 0 saturated heterocycles. The lowest BCUT2D eigenvalue weighted by molar-refractivity contribution is 0.307. The summed E-state index contributed by atoms with van der Waals surface area (Å²) >= 11 is 0. The molecule has 0 fully saturated rings. The van der Waals surface area contributed by atoms with Gasteiger partial charge < -0.3 is 14.6 Å². The average Bonchev–Trinajstić information content (AvgIpc) is 2.99. The molecule has 0 bridgehead atoms. The molecule has 1 N–H and O–H groups in total. The SMILES string of the molecule is CCCCCCCCCOc1cccc2[nH]cc(CCN(C)C)c12. The van der Waals surface area contributed by atoms with Gasteiger partial charge in [-0.2, -0.15) is 0 Å². The highest BCUT2D eigenvalue weighted by molar-refractivity contribution is 5.89. The minimum Gasteiger partial charge on any atom is -0.493 e. The van der Waals surface area contributed by atoms with Crippen LogP contribution in [0.4, 0.5) is 0 Å². The standard InChI is InChI=1S/C21H34N2O/c1-4-5-6-7-8-9-10-16-24-20-13-11-12-19-21(20)18(17-22-19)14-15-23(2)3/h11-13,17,22H,4-10,14-16H2,1-3H3. The van der Waals surface area contributed by atoms with E-state index >= 15 is 0 Å². The number of aromatic nitrogens is 1. The number of rotatable bonds is 12. The Morgan fingerprint density at radius 2 is 1.75 bits per heavy atom. The van der Waals surface area contributed by atoms with Crippen LogP contribution in [-0.2, 0) is 6.42 Å². The van der Waals surface area contributed by atoms with E-state index in [4.69, 9.17) is 4.74 Å². The molecule has 0 spiro atoms. The second-order valence-corrected chi connectivity index (χ2v) is 7.02. The fraction of sp³-hybridized carbons (Fsp3) is 0.619. The van der Waals surface area contributed by atoms with Gasteiger partial charge in [0.05, 0.1) is 6.61 Å². The van der Waals surface area contributed by atoms with E-state index in [1.165, 1.54) is 55.0 Å². The molecule has 0 atom stereocenters. The molecule has 0 saturated carbocycles. The summed E-state index contributed by atoms with van der Waals surface area (Å²) in [5.74, 6) is 1.04. The van der Waals surface area contributed by atoms with Crippen molar-refractivity contribution in [2.24, 2.45) is 0 Å². The highest BCUT2D eigenvalue weighted by Crippen LogP contribution is 2.29. The third-order valence-corrected chi connectivity index (χ3v) is 4.58. The molecule has 0 aliphatic heterocycles. The summed E-state index contributed by atoms with van der Waals surface area (Å²) in [4.78, 5) is 5.61. The zero-order valence-corrected chi connectivity index (χ0v) is 15.7. The van der Waals surface area contributed by atoms with Crippen LogP contribution in [0.15, 0.2) is 24.4 Å². The lowest BCUT2D eigenvalue weighted by atomic mass is 10.1. The second-order valence-electron chi connectivity index (χ2n) is 7.02. The van der Waals surface area contributed by atoms with Gasteiger partial charge in [-0.15, -0.1) is 0 Å². The van der Waals surface area contributed by atoms with Gasteiger partial charge in [0, 0.05) is 23.6 Å². The molecule has 1 heterocycles. The summed E-state index contributed by atoms with van der Waals surface area (Å²) in [6.07, 6.45) is 12.4. The number of ether oxygens (including phenoxy) is 1. The molecule has 1 aromatic carbocycles. The van der Waals surface area contributed by atoms with Crippen molar-refractivity contribution in [1.82, 2.24) is 9.88 Å². The van der Waals surface area contributed by atoms with Gasteiger partial charge in [0.15, 0.2) is 0 Å². The maximum Gasteiger partial charge on any atom is 0.128 e. The number of fused-ring (bicyclic) bond motifs is 1. The molecule has 24 heavy (non-hydrogen) atoms. The Morgan fingerprint density at radius 3 is 2.50 bits per heavy atom. The van der Waals surface area contributed by atoms with Crippen LogP contribution in [0.2, 0.25) is 0 Å². The fourth-order valence-electron chi connectivity index (χ4n) is 3.12. The van der Waals surface area contributed by atoms with Crippen molar-refractivity contribution >= 4 is 10.9 Å². The number of H-pyrrole nitrogens is 1. The molecule has 3 heteroatoms. The van der Waals surface area contributed by atoms with Crippen LogP contribution in [0.1, 0.15) is 57.4 Å². The van der Waals surface area contributed by atoms with E-state index in [2.05, 4.69) is 55.3 Å². The van der Waals surface area contributed by atoms with E-state index in [0.717, 1.165) is 31.7 Å². The molecule has 1 aromatic heterocycles. The van der Waals surface area contributed by atoms with E-state index < -0.39 is 0 Å². The van der Waals surface area contributed by atoms with Gasteiger partial charge in [-0.1, -0.05) is 51.5 Å². The van der Waals surface area contributed by atoms with Gasteiger partial charge in [-0.25, -0.2) is 0 Å². The monoisotopic (exact) mass is 330 g/mol. The van der Waals surface area contributed by atoms with Crippen LogP contribution in [0.5, 0.6) is 5.75 Å². The summed E-state index contributed by atoms with van der Waals surface area (Å²) < 4.78 is 6.12. The summed E-state index contributed by atoms with van der Waals surface area (Å²) in [5.41, 5.74) is 2.54. The van der Waals surface area contributed by atoms with Gasteiger partial charge in [0.2, 0.25) is 0 Å². The molecule has 0 amide bonds. The van der Waals surface area contributed by atoms with Crippen molar-refractivity contribution in [1.29, 1.82) is 0 Å². The van der Waals surface area contributed by atoms with Crippen LogP contribution in [0.25, 0.3) is 10.9 Å². The smallest absolute Gasteiger partial charge is 0.128 e. The van der Waals surface area contributed by atoms with E-state index in [9.17, 15) is 0 Å². The molecule has 2 aromatic rings. The number of hydrogen-bond acceptors (Lipinski definition) is 2. The third-order valence-electron chi connectivity index (χ3n) is 4.58. The van der Waals surface area contributed by atoms with E-state index in [1.54, 1.807) is 0 Å². The number of unbranched alkanes of at least 4 members (excludes halogenated alkanes) is 6. The van der Waals surface area contributed by atoms with Crippen molar-refractivity contribution in [3.05, 3.63) is 30.0 Å². The topological polar surface area (TPSA) is 28.3 Å². The zero-order valence-electron chi connectivity index (χ0n) is 15.7. The molecule has 0 radical (unpaired) electrons. The number of aromatic amines is 1. The van der Waals surface area contributed by atoms with Crippen LogP contribution < -0.4 is 4.74 Å². The molecule has 3 nitrogen and oxygen atoms in total. The zero-order chi connectivity index (χ0) is 17.2. The van der Waals surface area contributed by atoms with E-state index in [1.807, 2.05) is 0 Å². The van der Waals surface area contributed by atoms with Crippen LogP contribution in [-0.4, -0.2) is 37.1 Å². The largest absolute Gasteiger partial charge is 0.493 e. The summed E-state index contributed by atoms with van der Waals surface area (Å²) in [6, 6.07) is 6.32. The summed E-state index contributed by atoms with van der Waals surface area (Å²) in [6.45, 7) is 4.15. The van der Waals surface area contributed by atoms with Crippen molar-refractivity contribution < 1.29 is 4.74 Å². The average molecular weight is 331 g/mol. The van der Waals surface area contributed by atoms with Gasteiger partial charge in [-0.3, -0.25) is 0 Å². The Balaban J connectivity index is 1.83. The lowest BCUT2D eigenvalue weighted by Crippen LogP contribution is -2.14. The number of nitrogens with zero attached hydrogens (tertiary/aromatic N) is 1. The minimum absolute atomic E-state index is 0.825. The quantitative estimate of drug-likeness (QED) is 0.528. The molecular weight excluding hydrogens is 296 g/mol. The first-order valence-corrected chi connectivity index (χ1v) is 9.59. The highest BCUT2D eigenvalue weighted by Gasteiger charge is 2.09. The Labute approximate surface area is 147 Å². The first-order chi connectivity index (χ1) is 11.7. The molecule has 134 valence electrons. The van der Waals surface area contributed by atoms with Gasteiger partial charge in [-0.05, 0) is 44.6 Å². The number of likely N-dealkylation sites (N-methyl/N-ethyl adjacent to an activating group) is 1. The van der Waals surface area contributed by atoms with Gasteiger partial charge >= 0.3 is 0 Å². The first-order valence-electron chi connectivity index (χ1n) is 9.59. The molecule has 0 aliphatic rings. The van der Waals surface area contributed by atoms with E-state index in [-0.39, 0.29) is 0 Å². The highest BCUT2D eigenvalue weighted by atomic mass is 16.5. The Hall–Kier alpha value is -1.48. The second kappa shape index (κ2) is 10.4. The predicted molar refractivity (Wildman–Crippen MR) is 104 cm³/mol. The van der Waals surface area contributed by atoms with Crippen LogP contribution >= 0.6 is 0 Å². The predicted octanol–water partition coefficient (Wildman–Crippen LogP) is 5.40. The minimum atomic E-state index is 0.825. The Kier molecular flexibility index (Phi) is 8.17. The Bertz CT molecular complexity index is 589. The molecule has 0 unspecified atom stereocenters. The van der Waals surface area contributed by atoms with Crippen molar-refractivity contribution in [3.8, 4) is 5.75 Å². The first kappa shape index (κ1) is 18.9. The summed E-state index contributed by atoms with van der Waals surface area (Å²) in [7, 11) is 4.24. The van der Waals surface area contributed by atoms with Crippen LogP contribution in [0.3, 0.4) is 0 Å². The number of hydrogen-bond donors (Lipinski definition) is 1. The Morgan fingerprint density at radius 1 is 1.00 bits per heavy atom. The summed E-state index contributed by atoms with van der Waals surface area (Å²) in [5, 5.41) is 1.27. The molecule has 0 aliphatic carbocycles. The number of benzene rings is 1. The van der Waals surface area contributed by atoms with Crippen molar-refractivity contribution in [2.75, 3.05) is 27.2 Å². The normalized spacial score (nSPS) is 11.5. The lowest BCUT2D eigenvalue weighted by Gasteiger charge is -2.11. The van der Waals surface area contributed by atoms with Crippen molar-refractivity contribution in [2.45, 2.75) is 58.3 Å². The van der Waals surface area contributed by atoms with Crippen molar-refractivity contribution in [3.63, 3.8) is 0 Å². The molecular formula is C21H34N2O. The maximum atomic E-state index is 6.12. The van der Waals surface area contributed by atoms with Crippen LogP contribution in [0, 0.1) is 0 Å². The number of nitrogens with one attached hydrogen (secondary N) is 1. The van der Waals surface area contributed by atoms with Gasteiger partial charge in [0.1, 0.15) is 5.75 Å².